The Bertz CT molecular complexity index is 309. The third-order valence-electron chi connectivity index (χ3n) is 2.79. The largest absolute Gasteiger partial charge is 0.352 e. The summed E-state index contributed by atoms with van der Waals surface area (Å²) in [6.07, 6.45) is 2.45. The van der Waals surface area contributed by atoms with Gasteiger partial charge >= 0.3 is 0 Å². The Balaban J connectivity index is 2.43. The number of hydrogen-bond donors (Lipinski definition) is 1. The molecule has 0 bridgehead atoms. The Kier molecular flexibility index (Phi) is 7.10. The van der Waals surface area contributed by atoms with Crippen LogP contribution in [0.2, 0.25) is 0 Å². The van der Waals surface area contributed by atoms with Crippen LogP contribution in [0.25, 0.3) is 0 Å². The van der Waals surface area contributed by atoms with Crippen molar-refractivity contribution in [2.24, 2.45) is 0 Å². The van der Waals surface area contributed by atoms with E-state index in [2.05, 4.69) is 4.72 Å². The molecular formula is C11H24N2O4S. The molecule has 1 aliphatic heterocycles. The highest BCUT2D eigenvalue weighted by molar-refractivity contribution is 7.87. The van der Waals surface area contributed by atoms with Gasteiger partial charge in [0.15, 0.2) is 6.29 Å². The predicted molar refractivity (Wildman–Crippen MR) is 69.4 cm³/mol. The van der Waals surface area contributed by atoms with Gasteiger partial charge in [0.05, 0.1) is 6.54 Å². The van der Waals surface area contributed by atoms with E-state index in [9.17, 15) is 8.42 Å². The maximum atomic E-state index is 12.0. The van der Waals surface area contributed by atoms with Crippen LogP contribution in [-0.2, 0) is 19.7 Å². The van der Waals surface area contributed by atoms with Crippen LogP contribution in [0, 0.1) is 0 Å². The molecule has 0 unspecified atom stereocenters. The highest BCUT2D eigenvalue weighted by Gasteiger charge is 2.24. The minimum absolute atomic E-state index is 0.153. The number of nitrogens with one attached hydrogen (secondary N) is 1. The summed E-state index contributed by atoms with van der Waals surface area (Å²) in [5.41, 5.74) is 0. The molecule has 1 fully saturated rings. The lowest BCUT2D eigenvalue weighted by molar-refractivity contribution is -0.130. The molecule has 0 atom stereocenters. The summed E-state index contributed by atoms with van der Waals surface area (Å²) in [5, 5.41) is 0. The zero-order valence-electron chi connectivity index (χ0n) is 11.2. The van der Waals surface area contributed by atoms with Crippen LogP contribution < -0.4 is 4.72 Å². The molecule has 1 rings (SSSR count). The van der Waals surface area contributed by atoms with Gasteiger partial charge in [-0.15, -0.1) is 0 Å². The summed E-state index contributed by atoms with van der Waals surface area (Å²) in [6.45, 7) is 6.05. The van der Waals surface area contributed by atoms with E-state index < -0.39 is 16.5 Å². The molecule has 0 radical (unpaired) electrons. The molecule has 1 heterocycles. The topological polar surface area (TPSA) is 67.9 Å². The van der Waals surface area contributed by atoms with Crippen molar-refractivity contribution in [1.82, 2.24) is 9.03 Å². The third kappa shape index (κ3) is 5.19. The second-order valence-corrected chi connectivity index (χ2v) is 5.91. The van der Waals surface area contributed by atoms with Crippen LogP contribution in [0.1, 0.15) is 33.1 Å². The van der Waals surface area contributed by atoms with Gasteiger partial charge in [-0.25, -0.2) is 0 Å². The lowest BCUT2D eigenvalue weighted by Crippen LogP contribution is -2.46. The van der Waals surface area contributed by atoms with Gasteiger partial charge in [-0.05, 0) is 26.7 Å². The third-order valence-corrected chi connectivity index (χ3v) is 4.37. The van der Waals surface area contributed by atoms with Crippen molar-refractivity contribution >= 4 is 10.2 Å². The Morgan fingerprint density at radius 2 is 1.67 bits per heavy atom. The average molecular weight is 280 g/mol. The zero-order chi connectivity index (χ0) is 13.4. The Hall–Kier alpha value is -0.210. The van der Waals surface area contributed by atoms with Crippen molar-refractivity contribution in [2.45, 2.75) is 39.4 Å². The highest BCUT2D eigenvalue weighted by atomic mass is 32.2. The van der Waals surface area contributed by atoms with Gasteiger partial charge in [0.2, 0.25) is 0 Å². The van der Waals surface area contributed by atoms with Gasteiger partial charge in [0, 0.05) is 26.3 Å². The number of rotatable bonds is 8. The Morgan fingerprint density at radius 3 is 2.17 bits per heavy atom. The first-order valence-electron chi connectivity index (χ1n) is 6.58. The van der Waals surface area contributed by atoms with Crippen LogP contribution in [-0.4, -0.2) is 51.9 Å². The van der Waals surface area contributed by atoms with E-state index >= 15 is 0 Å². The van der Waals surface area contributed by atoms with Crippen LogP contribution in [0.5, 0.6) is 0 Å². The van der Waals surface area contributed by atoms with Crippen LogP contribution >= 0.6 is 0 Å². The molecule has 108 valence electrons. The number of nitrogens with zero attached hydrogens (tertiary/aromatic N) is 1. The van der Waals surface area contributed by atoms with Crippen LogP contribution in [0.3, 0.4) is 0 Å². The summed E-state index contributed by atoms with van der Waals surface area (Å²) < 4.78 is 38.6. The van der Waals surface area contributed by atoms with Gasteiger partial charge in [-0.3, -0.25) is 0 Å². The minimum Gasteiger partial charge on any atom is -0.352 e. The van der Waals surface area contributed by atoms with Gasteiger partial charge < -0.3 is 9.47 Å². The first kappa shape index (κ1) is 15.8. The molecule has 1 aliphatic rings. The molecule has 0 spiro atoms. The van der Waals surface area contributed by atoms with E-state index in [-0.39, 0.29) is 6.54 Å². The van der Waals surface area contributed by atoms with Crippen molar-refractivity contribution in [3.05, 3.63) is 0 Å². The Morgan fingerprint density at radius 1 is 1.11 bits per heavy atom. The molecule has 1 N–H and O–H groups in total. The maximum absolute atomic E-state index is 12.0. The Labute approximate surface area is 110 Å². The standard InChI is InChI=1S/C11H24N2O4S/c1-3-16-11(17-4-2)10-12-18(14,15)13-8-6-5-7-9-13/h11-12H,3-10H2,1-2H3. The molecule has 6 nitrogen and oxygen atoms in total. The molecule has 0 aliphatic carbocycles. The predicted octanol–water partition coefficient (Wildman–Crippen LogP) is 0.706. The van der Waals surface area contributed by atoms with Crippen molar-refractivity contribution in [1.29, 1.82) is 0 Å². The van der Waals surface area contributed by atoms with Crippen molar-refractivity contribution < 1.29 is 17.9 Å². The van der Waals surface area contributed by atoms with E-state index in [4.69, 9.17) is 9.47 Å². The van der Waals surface area contributed by atoms with Crippen molar-refractivity contribution in [3.8, 4) is 0 Å². The number of piperidine rings is 1. The summed E-state index contributed by atoms with van der Waals surface area (Å²) in [4.78, 5) is 0. The average Bonchev–Trinajstić information content (AvgIpc) is 2.38. The van der Waals surface area contributed by atoms with E-state index in [1.165, 1.54) is 4.31 Å². The monoisotopic (exact) mass is 280 g/mol. The zero-order valence-corrected chi connectivity index (χ0v) is 12.0. The van der Waals surface area contributed by atoms with E-state index in [1.807, 2.05) is 13.8 Å². The second-order valence-electron chi connectivity index (χ2n) is 4.15. The number of hydrogen-bond acceptors (Lipinski definition) is 4. The molecule has 7 heteroatoms. The van der Waals surface area contributed by atoms with Crippen LogP contribution in [0.4, 0.5) is 0 Å². The molecule has 0 amide bonds. The molecule has 0 aromatic carbocycles. The fourth-order valence-corrected chi connectivity index (χ4v) is 3.18. The first-order valence-corrected chi connectivity index (χ1v) is 8.02. The van der Waals surface area contributed by atoms with E-state index in [0.717, 1.165) is 19.3 Å². The van der Waals surface area contributed by atoms with Crippen LogP contribution in [0.15, 0.2) is 0 Å². The highest BCUT2D eigenvalue weighted by Crippen LogP contribution is 2.11. The van der Waals surface area contributed by atoms with Gasteiger partial charge in [-0.1, -0.05) is 6.42 Å². The first-order chi connectivity index (χ1) is 8.60. The fourth-order valence-electron chi connectivity index (χ4n) is 1.91. The van der Waals surface area contributed by atoms with E-state index in [0.29, 0.717) is 26.3 Å². The van der Waals surface area contributed by atoms with Gasteiger partial charge in [0.1, 0.15) is 0 Å². The summed E-state index contributed by atoms with van der Waals surface area (Å²) >= 11 is 0. The number of ether oxygens (including phenoxy) is 2. The van der Waals surface area contributed by atoms with Gasteiger partial charge in [-0.2, -0.15) is 17.4 Å². The summed E-state index contributed by atoms with van der Waals surface area (Å²) in [6, 6.07) is 0. The van der Waals surface area contributed by atoms with Gasteiger partial charge in [0.25, 0.3) is 10.2 Å². The summed E-state index contributed by atoms with van der Waals surface area (Å²) in [7, 11) is -3.39. The second kappa shape index (κ2) is 8.06. The van der Waals surface area contributed by atoms with Crippen molar-refractivity contribution in [3.63, 3.8) is 0 Å². The fraction of sp³-hybridized carbons (Fsp3) is 1.00. The molecule has 0 saturated carbocycles. The normalized spacial score (nSPS) is 18.4. The summed E-state index contributed by atoms with van der Waals surface area (Å²) in [5.74, 6) is 0. The maximum Gasteiger partial charge on any atom is 0.279 e. The molecule has 1 saturated heterocycles. The lowest BCUT2D eigenvalue weighted by Gasteiger charge is -2.27. The molecule has 0 aromatic heterocycles. The molecule has 0 aromatic rings. The van der Waals surface area contributed by atoms with Crippen molar-refractivity contribution in [2.75, 3.05) is 32.8 Å². The molecular weight excluding hydrogens is 256 g/mol. The minimum atomic E-state index is -3.39. The quantitative estimate of drug-likeness (QED) is 0.665. The van der Waals surface area contributed by atoms with E-state index in [1.54, 1.807) is 0 Å². The SMILES string of the molecule is CCOC(CNS(=O)(=O)N1CCCCC1)OCC. The molecule has 18 heavy (non-hydrogen) atoms. The smallest absolute Gasteiger partial charge is 0.279 e. The lowest BCUT2D eigenvalue weighted by atomic mass is 10.2.